The van der Waals surface area contributed by atoms with Gasteiger partial charge in [0.05, 0.1) is 5.41 Å². The summed E-state index contributed by atoms with van der Waals surface area (Å²) < 4.78 is 0. The van der Waals surface area contributed by atoms with Gasteiger partial charge in [-0.05, 0) is 33.2 Å². The van der Waals surface area contributed by atoms with Crippen molar-refractivity contribution < 1.29 is 9.59 Å². The van der Waals surface area contributed by atoms with Gasteiger partial charge < -0.3 is 16.4 Å². The lowest BCUT2D eigenvalue weighted by Crippen LogP contribution is -2.53. The van der Waals surface area contributed by atoms with E-state index in [2.05, 4.69) is 10.6 Å². The molecule has 1 saturated heterocycles. The van der Waals surface area contributed by atoms with Gasteiger partial charge in [-0.3, -0.25) is 9.59 Å². The van der Waals surface area contributed by atoms with Crippen LogP contribution in [-0.4, -0.2) is 30.9 Å². The first-order valence-corrected chi connectivity index (χ1v) is 5.27. The summed E-state index contributed by atoms with van der Waals surface area (Å²) in [4.78, 5) is 22.7. The third kappa shape index (κ3) is 2.92. The molecule has 15 heavy (non-hydrogen) atoms. The Morgan fingerprint density at radius 3 is 2.67 bits per heavy atom. The number of nitrogens with two attached hydrogens (primary N) is 1. The molecule has 1 heterocycles. The summed E-state index contributed by atoms with van der Waals surface area (Å²) in [6, 6.07) is -0.601. The van der Waals surface area contributed by atoms with Crippen LogP contribution in [0.15, 0.2) is 0 Å². The lowest BCUT2D eigenvalue weighted by molar-refractivity contribution is -0.134. The van der Waals surface area contributed by atoms with Crippen LogP contribution in [0, 0.1) is 5.41 Å². The molecule has 1 rings (SSSR count). The van der Waals surface area contributed by atoms with E-state index in [1.807, 2.05) is 6.92 Å². The van der Waals surface area contributed by atoms with E-state index in [-0.39, 0.29) is 5.91 Å². The Morgan fingerprint density at radius 2 is 2.20 bits per heavy atom. The number of piperidine rings is 1. The molecule has 86 valence electrons. The Labute approximate surface area is 89.8 Å². The number of rotatable bonds is 3. The molecular formula is C10H19N3O2. The van der Waals surface area contributed by atoms with Crippen molar-refractivity contribution in [3.63, 3.8) is 0 Å². The van der Waals surface area contributed by atoms with Crippen LogP contribution in [-0.2, 0) is 9.59 Å². The molecule has 2 amide bonds. The molecule has 5 nitrogen and oxygen atoms in total. The summed E-state index contributed by atoms with van der Waals surface area (Å²) in [5.74, 6) is -0.600. The van der Waals surface area contributed by atoms with Crippen LogP contribution in [0.3, 0.4) is 0 Å². The predicted octanol–water partition coefficient (Wildman–Crippen LogP) is -0.634. The van der Waals surface area contributed by atoms with Crippen LogP contribution in [0.5, 0.6) is 0 Å². The molecule has 0 aromatic rings. The van der Waals surface area contributed by atoms with Gasteiger partial charge in [0.2, 0.25) is 11.8 Å². The molecule has 0 aromatic heterocycles. The predicted molar refractivity (Wildman–Crippen MR) is 57.0 cm³/mol. The molecule has 0 bridgehead atoms. The third-order valence-corrected chi connectivity index (χ3v) is 2.92. The van der Waals surface area contributed by atoms with Gasteiger partial charge in [0.15, 0.2) is 0 Å². The van der Waals surface area contributed by atoms with Gasteiger partial charge in [0.1, 0.15) is 6.04 Å². The fourth-order valence-electron chi connectivity index (χ4n) is 1.69. The van der Waals surface area contributed by atoms with Crippen molar-refractivity contribution in [2.75, 3.05) is 13.1 Å². The molecule has 0 aromatic carbocycles. The van der Waals surface area contributed by atoms with Crippen molar-refractivity contribution in [3.8, 4) is 0 Å². The van der Waals surface area contributed by atoms with E-state index < -0.39 is 17.4 Å². The number of hydrogen-bond donors (Lipinski definition) is 3. The van der Waals surface area contributed by atoms with Gasteiger partial charge in [0, 0.05) is 6.54 Å². The van der Waals surface area contributed by atoms with Crippen molar-refractivity contribution in [2.45, 2.75) is 32.7 Å². The van der Waals surface area contributed by atoms with Crippen LogP contribution in [0.2, 0.25) is 0 Å². The van der Waals surface area contributed by atoms with Gasteiger partial charge >= 0.3 is 0 Å². The second-order valence-electron chi connectivity index (χ2n) is 4.44. The molecule has 1 aliphatic heterocycles. The maximum Gasteiger partial charge on any atom is 0.239 e. The Hall–Kier alpha value is -1.10. The highest BCUT2D eigenvalue weighted by Gasteiger charge is 2.35. The zero-order valence-electron chi connectivity index (χ0n) is 9.30. The van der Waals surface area contributed by atoms with Crippen LogP contribution in [0.4, 0.5) is 0 Å². The quantitative estimate of drug-likeness (QED) is 0.583. The minimum atomic E-state index is -0.601. The lowest BCUT2D eigenvalue weighted by Gasteiger charge is -2.33. The largest absolute Gasteiger partial charge is 0.368 e. The molecule has 0 radical (unpaired) electrons. The van der Waals surface area contributed by atoms with E-state index in [9.17, 15) is 9.59 Å². The van der Waals surface area contributed by atoms with Gasteiger partial charge in [0.25, 0.3) is 0 Å². The summed E-state index contributed by atoms with van der Waals surface area (Å²) in [5, 5.41) is 5.82. The Balaban J connectivity index is 2.55. The first kappa shape index (κ1) is 12.0. The molecule has 2 atom stereocenters. The van der Waals surface area contributed by atoms with E-state index in [0.717, 1.165) is 19.4 Å². The maximum atomic E-state index is 11.9. The number of hydrogen-bond acceptors (Lipinski definition) is 3. The lowest BCUT2D eigenvalue weighted by atomic mass is 9.82. The van der Waals surface area contributed by atoms with Crippen LogP contribution in [0.1, 0.15) is 26.7 Å². The summed E-state index contributed by atoms with van der Waals surface area (Å²) in [7, 11) is 0. The monoisotopic (exact) mass is 213 g/mol. The molecule has 1 unspecified atom stereocenters. The van der Waals surface area contributed by atoms with Crippen molar-refractivity contribution in [1.29, 1.82) is 0 Å². The second-order valence-corrected chi connectivity index (χ2v) is 4.44. The number of nitrogens with one attached hydrogen (secondary N) is 2. The SMILES string of the molecule is C[C@H](NC(=O)C1(C)CCCNC1)C(N)=O. The van der Waals surface area contributed by atoms with E-state index in [0.29, 0.717) is 6.54 Å². The Kier molecular flexibility index (Phi) is 3.68. The Morgan fingerprint density at radius 1 is 1.53 bits per heavy atom. The molecule has 4 N–H and O–H groups in total. The van der Waals surface area contributed by atoms with Crippen molar-refractivity contribution in [1.82, 2.24) is 10.6 Å². The van der Waals surface area contributed by atoms with Gasteiger partial charge in [-0.25, -0.2) is 0 Å². The first-order chi connectivity index (χ1) is 6.96. The van der Waals surface area contributed by atoms with Gasteiger partial charge in [-0.1, -0.05) is 0 Å². The highest BCUT2D eigenvalue weighted by Crippen LogP contribution is 2.25. The van der Waals surface area contributed by atoms with Gasteiger partial charge in [-0.15, -0.1) is 0 Å². The fraction of sp³-hybridized carbons (Fsp3) is 0.800. The van der Waals surface area contributed by atoms with E-state index in [1.54, 1.807) is 6.92 Å². The van der Waals surface area contributed by atoms with Crippen molar-refractivity contribution >= 4 is 11.8 Å². The summed E-state index contributed by atoms with van der Waals surface area (Å²) in [5.41, 5.74) is 4.67. The van der Waals surface area contributed by atoms with E-state index in [4.69, 9.17) is 5.73 Å². The average Bonchev–Trinajstić information content (AvgIpc) is 2.18. The minimum Gasteiger partial charge on any atom is -0.368 e. The highest BCUT2D eigenvalue weighted by atomic mass is 16.2. The number of primary amides is 1. The van der Waals surface area contributed by atoms with Crippen LogP contribution < -0.4 is 16.4 Å². The molecule has 1 aliphatic rings. The third-order valence-electron chi connectivity index (χ3n) is 2.92. The molecule has 0 spiro atoms. The van der Waals surface area contributed by atoms with Crippen molar-refractivity contribution in [3.05, 3.63) is 0 Å². The molecule has 5 heteroatoms. The normalized spacial score (nSPS) is 28.1. The fourth-order valence-corrected chi connectivity index (χ4v) is 1.69. The zero-order valence-corrected chi connectivity index (χ0v) is 9.30. The molecule has 1 fully saturated rings. The van der Waals surface area contributed by atoms with Crippen LogP contribution in [0.25, 0.3) is 0 Å². The zero-order chi connectivity index (χ0) is 11.5. The minimum absolute atomic E-state index is 0.0963. The highest BCUT2D eigenvalue weighted by molar-refractivity contribution is 5.89. The number of carbonyl (C=O) groups is 2. The standard InChI is InChI=1S/C10H19N3O2/c1-7(8(11)14)13-9(15)10(2)4-3-5-12-6-10/h7,12H,3-6H2,1-2H3,(H2,11,14)(H,13,15)/t7-,10?/m0/s1. The van der Waals surface area contributed by atoms with Crippen LogP contribution >= 0.6 is 0 Å². The second kappa shape index (κ2) is 4.61. The smallest absolute Gasteiger partial charge is 0.239 e. The van der Waals surface area contributed by atoms with E-state index in [1.165, 1.54) is 0 Å². The maximum absolute atomic E-state index is 11.9. The molecular weight excluding hydrogens is 194 g/mol. The number of amides is 2. The first-order valence-electron chi connectivity index (χ1n) is 5.27. The van der Waals surface area contributed by atoms with Crippen molar-refractivity contribution in [2.24, 2.45) is 11.1 Å². The topological polar surface area (TPSA) is 84.2 Å². The number of carbonyl (C=O) groups excluding carboxylic acids is 2. The van der Waals surface area contributed by atoms with E-state index >= 15 is 0 Å². The summed E-state index contributed by atoms with van der Waals surface area (Å²) in [6.07, 6.45) is 1.83. The average molecular weight is 213 g/mol. The summed E-state index contributed by atoms with van der Waals surface area (Å²) in [6.45, 7) is 5.11. The summed E-state index contributed by atoms with van der Waals surface area (Å²) >= 11 is 0. The Bertz CT molecular complexity index is 259. The van der Waals surface area contributed by atoms with Gasteiger partial charge in [-0.2, -0.15) is 0 Å². The molecule has 0 saturated carbocycles. The molecule has 0 aliphatic carbocycles.